The van der Waals surface area contributed by atoms with Crippen molar-refractivity contribution >= 4 is 10.9 Å². The molecule has 4 aromatic rings. The lowest BCUT2D eigenvalue weighted by Crippen LogP contribution is -1.88. The van der Waals surface area contributed by atoms with Crippen LogP contribution >= 0.6 is 0 Å². The van der Waals surface area contributed by atoms with E-state index in [0.29, 0.717) is 17.4 Å². The van der Waals surface area contributed by atoms with Crippen LogP contribution in [0.15, 0.2) is 59.1 Å². The number of hydrogen-bond donors (Lipinski definition) is 0. The highest BCUT2D eigenvalue weighted by Crippen LogP contribution is 2.25. The van der Waals surface area contributed by atoms with Gasteiger partial charge in [0.05, 0.1) is 12.6 Å². The summed E-state index contributed by atoms with van der Waals surface area (Å²) in [5, 5.41) is 5.15. The van der Waals surface area contributed by atoms with Crippen molar-refractivity contribution < 1.29 is 9.26 Å². The summed E-state index contributed by atoms with van der Waals surface area (Å²) >= 11 is 0. The molecule has 0 aliphatic heterocycles. The van der Waals surface area contributed by atoms with E-state index in [2.05, 4.69) is 28.1 Å². The van der Waals surface area contributed by atoms with E-state index >= 15 is 0 Å². The molecule has 0 fully saturated rings. The Kier molecular flexibility index (Phi) is 3.46. The number of rotatable bonds is 3. The van der Waals surface area contributed by atoms with Gasteiger partial charge in [0.15, 0.2) is 0 Å². The maximum atomic E-state index is 5.38. The van der Waals surface area contributed by atoms with E-state index in [0.717, 1.165) is 22.2 Å². The third kappa shape index (κ3) is 2.60. The van der Waals surface area contributed by atoms with Crippen molar-refractivity contribution in [1.82, 2.24) is 15.1 Å². The lowest BCUT2D eigenvalue weighted by Gasteiger charge is -2.00. The van der Waals surface area contributed by atoms with Crippen molar-refractivity contribution in [2.45, 2.75) is 6.92 Å². The Balaban J connectivity index is 1.73. The Morgan fingerprint density at radius 1 is 0.958 bits per heavy atom. The predicted molar refractivity (Wildman–Crippen MR) is 91.8 cm³/mol. The van der Waals surface area contributed by atoms with Gasteiger partial charge in [-0.2, -0.15) is 4.98 Å². The number of benzene rings is 2. The van der Waals surface area contributed by atoms with Crippen LogP contribution in [0, 0.1) is 6.92 Å². The highest BCUT2D eigenvalue weighted by atomic mass is 16.5. The predicted octanol–water partition coefficient (Wildman–Crippen LogP) is 4.27. The van der Waals surface area contributed by atoms with Gasteiger partial charge in [0.25, 0.3) is 5.89 Å². The van der Waals surface area contributed by atoms with Gasteiger partial charge in [0.2, 0.25) is 5.82 Å². The SMILES string of the molecule is COc1cccc(-c2nc(-c3ccc4cc(C)ccc4n3)no2)c1. The first-order chi connectivity index (χ1) is 11.7. The Bertz CT molecular complexity index is 1020. The van der Waals surface area contributed by atoms with E-state index in [1.54, 1.807) is 7.11 Å². The molecule has 0 saturated carbocycles. The average Bonchev–Trinajstić information content (AvgIpc) is 3.11. The number of aryl methyl sites for hydroxylation is 1. The molecule has 0 spiro atoms. The van der Waals surface area contributed by atoms with Gasteiger partial charge in [-0.3, -0.25) is 0 Å². The Hall–Kier alpha value is -3.21. The first kappa shape index (κ1) is 14.4. The molecule has 5 nitrogen and oxygen atoms in total. The maximum absolute atomic E-state index is 5.38. The van der Waals surface area contributed by atoms with E-state index in [9.17, 15) is 0 Å². The first-order valence-corrected chi connectivity index (χ1v) is 7.59. The summed E-state index contributed by atoms with van der Waals surface area (Å²) < 4.78 is 10.6. The van der Waals surface area contributed by atoms with Crippen molar-refractivity contribution in [3.05, 3.63) is 60.2 Å². The smallest absolute Gasteiger partial charge is 0.258 e. The molecule has 0 aliphatic carbocycles. The van der Waals surface area contributed by atoms with Crippen molar-refractivity contribution in [3.63, 3.8) is 0 Å². The van der Waals surface area contributed by atoms with Crippen molar-refractivity contribution in [3.8, 4) is 28.7 Å². The molecule has 0 atom stereocenters. The van der Waals surface area contributed by atoms with E-state index in [4.69, 9.17) is 9.26 Å². The Morgan fingerprint density at radius 3 is 2.75 bits per heavy atom. The standard InChI is InChI=1S/C19H15N3O2/c1-12-6-8-16-13(10-12)7-9-17(20-16)18-21-19(24-22-18)14-4-3-5-15(11-14)23-2/h3-11H,1-2H3. The zero-order valence-electron chi connectivity index (χ0n) is 13.4. The summed E-state index contributed by atoms with van der Waals surface area (Å²) in [6.45, 7) is 2.06. The largest absolute Gasteiger partial charge is 0.497 e. The topological polar surface area (TPSA) is 61.0 Å². The zero-order valence-corrected chi connectivity index (χ0v) is 13.4. The second-order valence-corrected chi connectivity index (χ2v) is 5.55. The van der Waals surface area contributed by atoms with Gasteiger partial charge < -0.3 is 9.26 Å². The molecule has 0 saturated heterocycles. The Labute approximate surface area is 138 Å². The summed E-state index contributed by atoms with van der Waals surface area (Å²) in [4.78, 5) is 9.07. The van der Waals surface area contributed by atoms with Crippen LogP contribution < -0.4 is 4.74 Å². The van der Waals surface area contributed by atoms with Gasteiger partial charge in [-0.15, -0.1) is 0 Å². The van der Waals surface area contributed by atoms with E-state index in [-0.39, 0.29) is 0 Å². The average molecular weight is 317 g/mol. The highest BCUT2D eigenvalue weighted by molar-refractivity contribution is 5.81. The number of fused-ring (bicyclic) bond motifs is 1. The summed E-state index contributed by atoms with van der Waals surface area (Å²) in [7, 11) is 1.62. The molecule has 0 N–H and O–H groups in total. The van der Waals surface area contributed by atoms with Crippen LogP contribution in [-0.2, 0) is 0 Å². The fourth-order valence-electron chi connectivity index (χ4n) is 2.57. The van der Waals surface area contributed by atoms with Crippen LogP contribution in [0.5, 0.6) is 5.75 Å². The third-order valence-corrected chi connectivity index (χ3v) is 3.82. The van der Waals surface area contributed by atoms with E-state index in [1.165, 1.54) is 5.56 Å². The summed E-state index contributed by atoms with van der Waals surface area (Å²) in [5.41, 5.74) is 3.61. The molecular weight excluding hydrogens is 302 g/mol. The van der Waals surface area contributed by atoms with E-state index < -0.39 is 0 Å². The molecule has 5 heteroatoms. The molecule has 0 unspecified atom stereocenters. The first-order valence-electron chi connectivity index (χ1n) is 7.59. The fraction of sp³-hybridized carbons (Fsp3) is 0.105. The van der Waals surface area contributed by atoms with Crippen LogP contribution in [-0.4, -0.2) is 22.2 Å². The molecule has 0 aliphatic rings. The molecule has 4 rings (SSSR count). The molecule has 0 amide bonds. The third-order valence-electron chi connectivity index (χ3n) is 3.82. The van der Waals surface area contributed by atoms with Gasteiger partial charge in [0, 0.05) is 10.9 Å². The summed E-state index contributed by atoms with van der Waals surface area (Å²) in [6.07, 6.45) is 0. The summed E-state index contributed by atoms with van der Waals surface area (Å²) in [5.74, 6) is 1.65. The van der Waals surface area contributed by atoms with Crippen molar-refractivity contribution in [1.29, 1.82) is 0 Å². The number of pyridine rings is 1. The molecule has 24 heavy (non-hydrogen) atoms. The van der Waals surface area contributed by atoms with Gasteiger partial charge in [-0.05, 0) is 43.3 Å². The summed E-state index contributed by atoms with van der Waals surface area (Å²) in [6, 6.07) is 17.6. The number of ether oxygens (including phenoxy) is 1. The molecule has 2 aromatic carbocycles. The zero-order chi connectivity index (χ0) is 16.5. The van der Waals surface area contributed by atoms with Crippen LogP contribution in [0.3, 0.4) is 0 Å². The molecule has 2 aromatic heterocycles. The van der Waals surface area contributed by atoms with Crippen LogP contribution in [0.2, 0.25) is 0 Å². The highest BCUT2D eigenvalue weighted by Gasteiger charge is 2.12. The van der Waals surface area contributed by atoms with Crippen LogP contribution in [0.4, 0.5) is 0 Å². The molecule has 2 heterocycles. The minimum absolute atomic E-state index is 0.440. The normalized spacial score (nSPS) is 10.9. The van der Waals surface area contributed by atoms with E-state index in [1.807, 2.05) is 48.5 Å². The molecule has 0 bridgehead atoms. The van der Waals surface area contributed by atoms with Crippen LogP contribution in [0.1, 0.15) is 5.56 Å². The maximum Gasteiger partial charge on any atom is 0.258 e. The quantitative estimate of drug-likeness (QED) is 0.565. The van der Waals surface area contributed by atoms with Gasteiger partial charge in [-0.25, -0.2) is 4.98 Å². The molecule has 0 radical (unpaired) electrons. The fourth-order valence-corrected chi connectivity index (χ4v) is 2.57. The minimum atomic E-state index is 0.440. The second kappa shape index (κ2) is 5.77. The molecular formula is C19H15N3O2. The lowest BCUT2D eigenvalue weighted by molar-refractivity contribution is 0.413. The van der Waals surface area contributed by atoms with Gasteiger partial charge in [0.1, 0.15) is 11.4 Å². The number of aromatic nitrogens is 3. The number of nitrogens with zero attached hydrogens (tertiary/aromatic N) is 3. The number of methoxy groups -OCH3 is 1. The molecule has 118 valence electrons. The Morgan fingerprint density at radius 2 is 1.88 bits per heavy atom. The van der Waals surface area contributed by atoms with Gasteiger partial charge >= 0.3 is 0 Å². The van der Waals surface area contributed by atoms with Crippen LogP contribution in [0.25, 0.3) is 33.9 Å². The second-order valence-electron chi connectivity index (χ2n) is 5.55. The van der Waals surface area contributed by atoms with Crippen molar-refractivity contribution in [2.75, 3.05) is 7.11 Å². The number of hydrogen-bond acceptors (Lipinski definition) is 5. The van der Waals surface area contributed by atoms with Gasteiger partial charge in [-0.1, -0.05) is 28.9 Å². The lowest BCUT2D eigenvalue weighted by atomic mass is 10.1. The minimum Gasteiger partial charge on any atom is -0.497 e. The van der Waals surface area contributed by atoms with Crippen molar-refractivity contribution in [2.24, 2.45) is 0 Å². The monoisotopic (exact) mass is 317 g/mol.